The molecular formula is C32H30OS2. The van der Waals surface area contributed by atoms with Crippen molar-refractivity contribution in [2.45, 2.75) is 39.6 Å². The molecule has 5 rings (SSSR count). The van der Waals surface area contributed by atoms with E-state index in [1.165, 1.54) is 20.9 Å². The number of ketones is 1. The number of carbonyl (C=O) groups excluding carboxylic acids is 1. The number of carbonyl (C=O) groups is 1. The Morgan fingerprint density at radius 3 is 1.23 bits per heavy atom. The summed E-state index contributed by atoms with van der Waals surface area (Å²) in [6, 6.07) is 42.3. The van der Waals surface area contributed by atoms with Gasteiger partial charge in [0, 0.05) is 32.1 Å². The van der Waals surface area contributed by atoms with E-state index < -0.39 is 0 Å². The van der Waals surface area contributed by atoms with Crippen LogP contribution < -0.4 is 0 Å². The molecule has 1 aliphatic rings. The summed E-state index contributed by atoms with van der Waals surface area (Å²) in [6.45, 7) is 0. The molecule has 35 heavy (non-hydrogen) atoms. The minimum Gasteiger partial charge on any atom is -0.299 e. The molecule has 0 amide bonds. The predicted molar refractivity (Wildman–Crippen MR) is 149 cm³/mol. The molecule has 4 atom stereocenters. The first-order chi connectivity index (χ1) is 17.3. The summed E-state index contributed by atoms with van der Waals surface area (Å²) in [5, 5.41) is 0.235. The lowest BCUT2D eigenvalue weighted by molar-refractivity contribution is -0.129. The van der Waals surface area contributed by atoms with Crippen LogP contribution in [-0.2, 0) is 4.79 Å². The molecule has 0 spiro atoms. The molecule has 0 radical (unpaired) electrons. The molecule has 0 aromatic heterocycles. The first-order valence-electron chi connectivity index (χ1n) is 12.4. The van der Waals surface area contributed by atoms with Gasteiger partial charge in [0.2, 0.25) is 0 Å². The summed E-state index contributed by atoms with van der Waals surface area (Å²) in [5.41, 5.74) is 2.49. The van der Waals surface area contributed by atoms with Crippen LogP contribution in [0.1, 0.15) is 40.9 Å². The second-order valence-electron chi connectivity index (χ2n) is 9.07. The molecule has 176 valence electrons. The lowest BCUT2D eigenvalue weighted by Crippen LogP contribution is -2.34. The zero-order valence-corrected chi connectivity index (χ0v) is 21.3. The maximum Gasteiger partial charge on any atom is 0.141 e. The predicted octanol–water partition coefficient (Wildman–Crippen LogP) is 9.04. The Morgan fingerprint density at radius 2 is 0.857 bits per heavy atom. The van der Waals surface area contributed by atoms with Crippen LogP contribution in [0.25, 0.3) is 0 Å². The molecule has 1 nitrogen and oxygen atoms in total. The fourth-order valence-electron chi connectivity index (χ4n) is 5.06. The van der Waals surface area contributed by atoms with Gasteiger partial charge in [-0.2, -0.15) is 0 Å². The van der Waals surface area contributed by atoms with Crippen molar-refractivity contribution < 1.29 is 4.79 Å². The van der Waals surface area contributed by atoms with Crippen molar-refractivity contribution >= 4 is 29.3 Å². The zero-order chi connectivity index (χ0) is 23.9. The van der Waals surface area contributed by atoms with Gasteiger partial charge in [0.1, 0.15) is 5.78 Å². The molecule has 1 aliphatic carbocycles. The smallest absolute Gasteiger partial charge is 0.141 e. The molecular weight excluding hydrogens is 464 g/mol. The van der Waals surface area contributed by atoms with Gasteiger partial charge < -0.3 is 0 Å². The van der Waals surface area contributed by atoms with E-state index in [1.807, 2.05) is 23.5 Å². The van der Waals surface area contributed by atoms with E-state index in [2.05, 4.69) is 121 Å². The van der Waals surface area contributed by atoms with E-state index in [0.29, 0.717) is 5.78 Å². The number of hydrogen-bond donors (Lipinski definition) is 0. The van der Waals surface area contributed by atoms with E-state index in [4.69, 9.17) is 0 Å². The van der Waals surface area contributed by atoms with Gasteiger partial charge in [0.05, 0.1) is 0 Å². The number of thioether (sulfide) groups is 2. The summed E-state index contributed by atoms with van der Waals surface area (Å²) >= 11 is 3.68. The zero-order valence-electron chi connectivity index (χ0n) is 19.7. The van der Waals surface area contributed by atoms with Gasteiger partial charge in [-0.15, -0.1) is 23.5 Å². The van der Waals surface area contributed by atoms with Crippen molar-refractivity contribution in [1.82, 2.24) is 0 Å². The van der Waals surface area contributed by atoms with Crippen LogP contribution in [0.5, 0.6) is 0 Å². The Morgan fingerprint density at radius 1 is 0.514 bits per heavy atom. The third-order valence-corrected chi connectivity index (χ3v) is 9.56. The Bertz CT molecular complexity index is 1100. The Kier molecular flexibility index (Phi) is 8.07. The van der Waals surface area contributed by atoms with Crippen LogP contribution in [0.2, 0.25) is 0 Å². The first-order valence-corrected chi connectivity index (χ1v) is 14.1. The highest BCUT2D eigenvalue weighted by Gasteiger charge is 2.41. The number of benzene rings is 4. The molecule has 1 saturated carbocycles. The van der Waals surface area contributed by atoms with E-state index in [9.17, 15) is 4.79 Å². The minimum atomic E-state index is 0.00365. The van der Waals surface area contributed by atoms with Gasteiger partial charge in [-0.1, -0.05) is 103 Å². The van der Waals surface area contributed by atoms with Crippen molar-refractivity contribution in [3.05, 3.63) is 132 Å². The standard InChI is InChI=1S/C32H30OS2/c33-30-28(31(24-14-5-1-6-15-24)34-26-18-9-3-10-19-26)22-13-23-29(30)32(25-16-7-2-8-17-25)35-27-20-11-4-12-21-27/h1-12,14-21,28-29,31-32H,13,22-23H2/t28-,29+,31-,32+. The van der Waals surface area contributed by atoms with Crippen molar-refractivity contribution in [2.75, 3.05) is 0 Å². The SMILES string of the molecule is O=C1[C@H]([C@H](Sc2ccccc2)c2ccccc2)CCC[C@@H]1[C@@H](Sc1ccccc1)c1ccccc1. The molecule has 3 heteroatoms. The molecule has 0 aliphatic heterocycles. The van der Waals surface area contributed by atoms with Gasteiger partial charge in [-0.25, -0.2) is 0 Å². The third kappa shape index (κ3) is 5.91. The van der Waals surface area contributed by atoms with Gasteiger partial charge in [-0.3, -0.25) is 4.79 Å². The Balaban J connectivity index is 1.47. The third-order valence-electron chi connectivity index (χ3n) is 6.76. The van der Waals surface area contributed by atoms with E-state index in [1.54, 1.807) is 0 Å². The molecule has 0 heterocycles. The highest BCUT2D eigenvalue weighted by atomic mass is 32.2. The van der Waals surface area contributed by atoms with Crippen molar-refractivity contribution in [1.29, 1.82) is 0 Å². The Hall–Kier alpha value is -2.75. The number of hydrogen-bond acceptors (Lipinski definition) is 3. The second-order valence-corrected chi connectivity index (χ2v) is 11.5. The van der Waals surface area contributed by atoms with E-state index in [-0.39, 0.29) is 22.3 Å². The van der Waals surface area contributed by atoms with Gasteiger partial charge >= 0.3 is 0 Å². The van der Waals surface area contributed by atoms with Crippen LogP contribution >= 0.6 is 23.5 Å². The molecule has 0 bridgehead atoms. The molecule has 0 unspecified atom stereocenters. The maximum absolute atomic E-state index is 14.3. The second kappa shape index (κ2) is 11.8. The lowest BCUT2D eigenvalue weighted by Gasteiger charge is -2.37. The maximum atomic E-state index is 14.3. The van der Waals surface area contributed by atoms with Crippen molar-refractivity contribution in [3.8, 4) is 0 Å². The van der Waals surface area contributed by atoms with Crippen LogP contribution in [0.15, 0.2) is 131 Å². The van der Waals surface area contributed by atoms with Crippen LogP contribution in [0.4, 0.5) is 0 Å². The fraction of sp³-hybridized carbons (Fsp3) is 0.219. The summed E-state index contributed by atoms with van der Waals surface area (Å²) in [4.78, 5) is 16.7. The van der Waals surface area contributed by atoms with Crippen LogP contribution in [-0.4, -0.2) is 5.78 Å². The molecule has 0 N–H and O–H groups in total. The molecule has 1 fully saturated rings. The average molecular weight is 495 g/mol. The number of rotatable bonds is 8. The van der Waals surface area contributed by atoms with E-state index in [0.717, 1.165) is 19.3 Å². The van der Waals surface area contributed by atoms with Gasteiger partial charge in [0.25, 0.3) is 0 Å². The van der Waals surface area contributed by atoms with Gasteiger partial charge in [-0.05, 0) is 48.2 Å². The molecule has 4 aromatic carbocycles. The van der Waals surface area contributed by atoms with E-state index >= 15 is 0 Å². The monoisotopic (exact) mass is 494 g/mol. The minimum absolute atomic E-state index is 0.00365. The molecule has 0 saturated heterocycles. The van der Waals surface area contributed by atoms with Crippen molar-refractivity contribution in [2.24, 2.45) is 11.8 Å². The summed E-state index contributed by atoms with van der Waals surface area (Å²) in [6.07, 6.45) is 2.98. The Labute approximate surface area is 217 Å². The molecule has 4 aromatic rings. The van der Waals surface area contributed by atoms with Crippen molar-refractivity contribution in [3.63, 3.8) is 0 Å². The summed E-state index contributed by atoms with van der Waals surface area (Å²) in [7, 11) is 0. The van der Waals surface area contributed by atoms with Crippen LogP contribution in [0.3, 0.4) is 0 Å². The summed E-state index contributed by atoms with van der Waals surface area (Å²) in [5.74, 6) is 0.429. The normalized spacial score (nSPS) is 19.7. The number of Topliss-reactive ketones (excluding diaryl/α,β-unsaturated/α-hetero) is 1. The largest absolute Gasteiger partial charge is 0.299 e. The summed E-state index contributed by atoms with van der Waals surface area (Å²) < 4.78 is 0. The van der Waals surface area contributed by atoms with Gasteiger partial charge in [0.15, 0.2) is 0 Å². The topological polar surface area (TPSA) is 17.1 Å². The average Bonchev–Trinajstić information content (AvgIpc) is 2.93. The highest BCUT2D eigenvalue weighted by molar-refractivity contribution is 7.99. The quantitative estimate of drug-likeness (QED) is 0.227. The highest BCUT2D eigenvalue weighted by Crippen LogP contribution is 2.51. The first kappa shape index (κ1) is 24.0. The lowest BCUT2D eigenvalue weighted by atomic mass is 9.74. The van der Waals surface area contributed by atoms with Crippen LogP contribution in [0, 0.1) is 11.8 Å². The fourth-order valence-corrected chi connectivity index (χ4v) is 7.73.